The highest BCUT2D eigenvalue weighted by Gasteiger charge is 2.20. The number of hydrogen-bond acceptors (Lipinski definition) is 0. The lowest BCUT2D eigenvalue weighted by atomic mass is 9.85. The third kappa shape index (κ3) is 5.44. The molecule has 0 bridgehead atoms. The fourth-order valence-electron chi connectivity index (χ4n) is 2.59. The summed E-state index contributed by atoms with van der Waals surface area (Å²) < 4.78 is 5.04. The van der Waals surface area contributed by atoms with Crippen molar-refractivity contribution in [3.8, 4) is 0 Å². The first kappa shape index (κ1) is 22.2. The number of benzene rings is 2. The van der Waals surface area contributed by atoms with Gasteiger partial charge in [0, 0.05) is 22.5 Å². The van der Waals surface area contributed by atoms with E-state index in [4.69, 9.17) is 0 Å². The summed E-state index contributed by atoms with van der Waals surface area (Å²) in [7, 11) is 0. The highest BCUT2D eigenvalue weighted by molar-refractivity contribution is 14.1. The Hall–Kier alpha value is 0.860. The van der Waals surface area contributed by atoms with E-state index < -0.39 is 0 Å². The van der Waals surface area contributed by atoms with Crippen LogP contribution < -0.4 is 0 Å². The first-order valence-corrected chi connectivity index (χ1v) is 12.0. The molecule has 0 N–H and O–H groups in total. The van der Waals surface area contributed by atoms with Gasteiger partial charge in [0.25, 0.3) is 0 Å². The first-order valence-electron chi connectivity index (χ1n) is 8.27. The number of rotatable bonds is 2. The first-order chi connectivity index (χ1) is 11.3. The van der Waals surface area contributed by atoms with Crippen LogP contribution in [0.5, 0.6) is 0 Å². The molecule has 2 rings (SSSR count). The van der Waals surface area contributed by atoms with Gasteiger partial charge in [-0.2, -0.15) is 0 Å². The molecule has 2 aromatic carbocycles. The van der Waals surface area contributed by atoms with Crippen molar-refractivity contribution in [3.63, 3.8) is 0 Å². The highest BCUT2D eigenvalue weighted by Crippen LogP contribution is 2.36. The van der Waals surface area contributed by atoms with Gasteiger partial charge in [-0.1, -0.05) is 73.4 Å². The van der Waals surface area contributed by atoms with Crippen LogP contribution in [0.4, 0.5) is 0 Å². The average molecular weight is 690 g/mol. The number of hydrogen-bond donors (Lipinski definition) is 0. The molecule has 0 aliphatic heterocycles. The second-order valence-electron chi connectivity index (χ2n) is 8.51. The van der Waals surface area contributed by atoms with E-state index in [0.29, 0.717) is 0 Å². The van der Waals surface area contributed by atoms with Crippen LogP contribution in [0.1, 0.15) is 63.8 Å². The van der Waals surface area contributed by atoms with E-state index in [0.717, 1.165) is 6.42 Å². The Morgan fingerprint density at radius 3 is 1.40 bits per heavy atom. The standard InChI is InChI=1S/C21H24Br2I2/c1-20(2,3)12-7-16(22)14(17(23)8-12)11-15-18(24)9-13(10-19(15)25)21(4,5)6/h7-10H,11H2,1-6H3. The summed E-state index contributed by atoms with van der Waals surface area (Å²) in [5, 5.41) is 0. The zero-order chi connectivity index (χ0) is 19.2. The van der Waals surface area contributed by atoms with E-state index in [1.807, 2.05) is 0 Å². The van der Waals surface area contributed by atoms with Gasteiger partial charge in [-0.25, -0.2) is 0 Å². The lowest BCUT2D eigenvalue weighted by molar-refractivity contribution is 0.589. The molecule has 0 amide bonds. The maximum atomic E-state index is 3.81. The minimum absolute atomic E-state index is 0.140. The zero-order valence-electron chi connectivity index (χ0n) is 15.5. The average Bonchev–Trinajstić information content (AvgIpc) is 2.42. The van der Waals surface area contributed by atoms with Crippen LogP contribution >= 0.6 is 77.0 Å². The molecule has 0 aliphatic rings. The zero-order valence-corrected chi connectivity index (χ0v) is 23.0. The fraction of sp³-hybridized carbons (Fsp3) is 0.429. The SMILES string of the molecule is CC(C)(C)c1cc(Br)c(Cc2c(I)cc(C(C)(C)C)cc2I)c(Br)c1. The maximum absolute atomic E-state index is 3.81. The van der Waals surface area contributed by atoms with E-state index >= 15 is 0 Å². The topological polar surface area (TPSA) is 0 Å². The van der Waals surface area contributed by atoms with E-state index in [9.17, 15) is 0 Å². The molecule has 0 radical (unpaired) electrons. The summed E-state index contributed by atoms with van der Waals surface area (Å²) in [6.45, 7) is 13.6. The Balaban J connectivity index is 2.48. The van der Waals surface area contributed by atoms with Crippen molar-refractivity contribution < 1.29 is 0 Å². The Kier molecular flexibility index (Phi) is 7.16. The lowest BCUT2D eigenvalue weighted by Crippen LogP contribution is -2.13. The molecule has 0 saturated carbocycles. The van der Waals surface area contributed by atoms with Gasteiger partial charge in [-0.05, 0) is 103 Å². The van der Waals surface area contributed by atoms with Crippen LogP contribution in [-0.2, 0) is 17.3 Å². The van der Waals surface area contributed by atoms with E-state index in [2.05, 4.69) is 143 Å². The van der Waals surface area contributed by atoms with Crippen molar-refractivity contribution >= 4 is 77.0 Å². The molecule has 2 aromatic rings. The summed E-state index contributed by atoms with van der Waals surface area (Å²) in [5.41, 5.74) is 5.76. The molecule has 0 nitrogen and oxygen atoms in total. The summed E-state index contributed by atoms with van der Waals surface area (Å²) in [6, 6.07) is 9.21. The molecule has 0 atom stereocenters. The molecule has 4 heteroatoms. The Morgan fingerprint density at radius 1 is 0.680 bits per heavy atom. The van der Waals surface area contributed by atoms with Crippen LogP contribution in [0.2, 0.25) is 0 Å². The smallest absolute Gasteiger partial charge is 0.0224 e. The summed E-state index contributed by atoms with van der Waals surface area (Å²) in [5.74, 6) is 0. The summed E-state index contributed by atoms with van der Waals surface area (Å²) in [6.07, 6.45) is 0.923. The van der Waals surface area contributed by atoms with Crippen molar-refractivity contribution in [2.75, 3.05) is 0 Å². The van der Waals surface area contributed by atoms with E-state index in [-0.39, 0.29) is 10.8 Å². The molecule has 0 saturated heterocycles. The maximum Gasteiger partial charge on any atom is 0.0224 e. The largest absolute Gasteiger partial charge is 0.0561 e. The van der Waals surface area contributed by atoms with Crippen LogP contribution in [-0.4, -0.2) is 0 Å². The molecule has 0 aliphatic carbocycles. The van der Waals surface area contributed by atoms with Gasteiger partial charge >= 0.3 is 0 Å². The quantitative estimate of drug-likeness (QED) is 0.277. The summed E-state index contributed by atoms with van der Waals surface area (Å²) >= 11 is 12.6. The van der Waals surface area contributed by atoms with Crippen molar-refractivity contribution in [1.29, 1.82) is 0 Å². The molecule has 0 spiro atoms. The predicted molar refractivity (Wildman–Crippen MR) is 134 cm³/mol. The van der Waals surface area contributed by atoms with Gasteiger partial charge in [0.2, 0.25) is 0 Å². The normalized spacial score (nSPS) is 12.6. The minimum Gasteiger partial charge on any atom is -0.0561 e. The molecular weight excluding hydrogens is 666 g/mol. The molecular formula is C21H24Br2I2. The van der Waals surface area contributed by atoms with Gasteiger partial charge in [0.15, 0.2) is 0 Å². The van der Waals surface area contributed by atoms with Crippen LogP contribution in [0.3, 0.4) is 0 Å². The van der Waals surface area contributed by atoms with E-state index in [1.165, 1.54) is 38.3 Å². The molecule has 0 unspecified atom stereocenters. The van der Waals surface area contributed by atoms with Gasteiger partial charge in [-0.3, -0.25) is 0 Å². The Morgan fingerprint density at radius 2 is 1.04 bits per heavy atom. The summed E-state index contributed by atoms with van der Waals surface area (Å²) in [4.78, 5) is 0. The number of halogens is 4. The third-order valence-electron chi connectivity index (χ3n) is 4.37. The molecule has 0 aromatic heterocycles. The lowest BCUT2D eigenvalue weighted by Gasteiger charge is -2.23. The third-order valence-corrected chi connectivity index (χ3v) is 7.71. The Bertz CT molecular complexity index is 683. The van der Waals surface area contributed by atoms with Crippen LogP contribution in [0, 0.1) is 7.14 Å². The highest BCUT2D eigenvalue weighted by atomic mass is 127. The fourth-order valence-corrected chi connectivity index (χ4v) is 6.20. The minimum atomic E-state index is 0.140. The van der Waals surface area contributed by atoms with Gasteiger partial charge in [-0.15, -0.1) is 0 Å². The Labute approximate surface area is 196 Å². The molecule has 0 fully saturated rings. The van der Waals surface area contributed by atoms with Crippen molar-refractivity contribution in [2.24, 2.45) is 0 Å². The van der Waals surface area contributed by atoms with Gasteiger partial charge in [0.1, 0.15) is 0 Å². The molecule has 25 heavy (non-hydrogen) atoms. The van der Waals surface area contributed by atoms with Crippen molar-refractivity contribution in [1.82, 2.24) is 0 Å². The van der Waals surface area contributed by atoms with Crippen molar-refractivity contribution in [2.45, 2.75) is 58.8 Å². The van der Waals surface area contributed by atoms with E-state index in [1.54, 1.807) is 0 Å². The van der Waals surface area contributed by atoms with Crippen LogP contribution in [0.15, 0.2) is 33.2 Å². The molecule has 0 heterocycles. The predicted octanol–water partition coefficient (Wildman–Crippen LogP) is 8.61. The second-order valence-corrected chi connectivity index (χ2v) is 12.5. The monoisotopic (exact) mass is 688 g/mol. The molecule has 136 valence electrons. The second kappa shape index (κ2) is 8.08. The van der Waals surface area contributed by atoms with Gasteiger partial charge in [0.05, 0.1) is 0 Å². The van der Waals surface area contributed by atoms with Gasteiger partial charge < -0.3 is 0 Å². The van der Waals surface area contributed by atoms with Crippen molar-refractivity contribution in [3.05, 3.63) is 62.6 Å². The van der Waals surface area contributed by atoms with Crippen LogP contribution in [0.25, 0.3) is 0 Å².